The van der Waals surface area contributed by atoms with Crippen LogP contribution in [0.3, 0.4) is 0 Å². The molecule has 2 heterocycles. The van der Waals surface area contributed by atoms with Crippen LogP contribution in [-0.4, -0.2) is 20.2 Å². The first-order chi connectivity index (χ1) is 9.24. The molecule has 0 aliphatic rings. The number of hydrogen-bond acceptors (Lipinski definition) is 5. The molecule has 2 aromatic heterocycles. The molecule has 0 spiro atoms. The van der Waals surface area contributed by atoms with Gasteiger partial charge in [-0.05, 0) is 34.1 Å². The van der Waals surface area contributed by atoms with Crippen LogP contribution in [0.4, 0.5) is 0 Å². The van der Waals surface area contributed by atoms with Gasteiger partial charge >= 0.3 is 0 Å². The second-order valence-electron chi connectivity index (χ2n) is 3.83. The molecule has 3 rings (SSSR count). The average molecular weight is 318 g/mol. The molecule has 0 atom stereocenters. The van der Waals surface area contributed by atoms with Crippen LogP contribution in [0.1, 0.15) is 0 Å². The maximum atomic E-state index is 9.74. The van der Waals surface area contributed by atoms with Crippen molar-refractivity contribution in [1.29, 1.82) is 0 Å². The molecule has 5 nitrogen and oxygen atoms in total. The molecule has 3 aromatic rings. The standard InChI is InChI=1S/C13H8BrN3O2/c14-9-5-8(6-15-7-9)12-16-13(19-17-12)10-3-1-2-4-11(10)18/h1-7,18H. The summed E-state index contributed by atoms with van der Waals surface area (Å²) in [4.78, 5) is 8.30. The number of hydrogen-bond donors (Lipinski definition) is 1. The van der Waals surface area contributed by atoms with Gasteiger partial charge in [-0.1, -0.05) is 17.3 Å². The summed E-state index contributed by atoms with van der Waals surface area (Å²) in [6.45, 7) is 0. The highest BCUT2D eigenvalue weighted by Gasteiger charge is 2.13. The van der Waals surface area contributed by atoms with Gasteiger partial charge in [-0.25, -0.2) is 0 Å². The number of rotatable bonds is 2. The molecule has 0 unspecified atom stereocenters. The summed E-state index contributed by atoms with van der Waals surface area (Å²) < 4.78 is 5.99. The molecular formula is C13H8BrN3O2. The third-order valence-corrected chi connectivity index (χ3v) is 2.96. The summed E-state index contributed by atoms with van der Waals surface area (Å²) >= 11 is 3.33. The van der Waals surface area contributed by atoms with E-state index in [1.165, 1.54) is 0 Å². The lowest BCUT2D eigenvalue weighted by Crippen LogP contribution is -1.83. The van der Waals surface area contributed by atoms with Crippen molar-refractivity contribution in [3.8, 4) is 28.6 Å². The molecule has 94 valence electrons. The Morgan fingerprint density at radius 3 is 2.79 bits per heavy atom. The fourth-order valence-corrected chi connectivity index (χ4v) is 2.00. The van der Waals surface area contributed by atoms with E-state index < -0.39 is 0 Å². The zero-order chi connectivity index (χ0) is 13.2. The molecule has 0 saturated heterocycles. The van der Waals surface area contributed by atoms with Crippen LogP contribution in [0.15, 0.2) is 51.7 Å². The average Bonchev–Trinajstić information content (AvgIpc) is 2.89. The largest absolute Gasteiger partial charge is 0.507 e. The Balaban J connectivity index is 2.03. The maximum absolute atomic E-state index is 9.74. The Kier molecular flexibility index (Phi) is 3.00. The van der Waals surface area contributed by atoms with E-state index in [1.807, 2.05) is 6.07 Å². The van der Waals surface area contributed by atoms with Gasteiger partial charge in [0.25, 0.3) is 5.89 Å². The summed E-state index contributed by atoms with van der Waals surface area (Å²) in [5.74, 6) is 0.796. The normalized spacial score (nSPS) is 10.6. The summed E-state index contributed by atoms with van der Waals surface area (Å²) in [5.41, 5.74) is 1.24. The number of para-hydroxylation sites is 1. The lowest BCUT2D eigenvalue weighted by molar-refractivity contribution is 0.425. The van der Waals surface area contributed by atoms with Crippen LogP contribution in [0.5, 0.6) is 5.75 Å². The monoisotopic (exact) mass is 317 g/mol. The topological polar surface area (TPSA) is 72.0 Å². The Hall–Kier alpha value is -2.21. The molecule has 1 aromatic carbocycles. The smallest absolute Gasteiger partial charge is 0.261 e. The summed E-state index contributed by atoms with van der Waals surface area (Å²) in [6, 6.07) is 8.64. The van der Waals surface area contributed by atoms with E-state index in [0.29, 0.717) is 11.4 Å². The fraction of sp³-hybridized carbons (Fsp3) is 0. The molecule has 0 bridgehead atoms. The van der Waals surface area contributed by atoms with E-state index in [9.17, 15) is 5.11 Å². The van der Waals surface area contributed by atoms with Crippen molar-refractivity contribution in [1.82, 2.24) is 15.1 Å². The highest BCUT2D eigenvalue weighted by Crippen LogP contribution is 2.29. The Morgan fingerprint density at radius 1 is 1.16 bits per heavy atom. The van der Waals surface area contributed by atoms with E-state index >= 15 is 0 Å². The predicted octanol–water partition coefficient (Wildman–Crippen LogP) is 3.27. The highest BCUT2D eigenvalue weighted by molar-refractivity contribution is 9.10. The summed E-state index contributed by atoms with van der Waals surface area (Å²) in [7, 11) is 0. The van der Waals surface area contributed by atoms with Crippen molar-refractivity contribution in [3.63, 3.8) is 0 Å². The number of halogens is 1. The van der Waals surface area contributed by atoms with Gasteiger partial charge in [0.1, 0.15) is 5.75 Å². The van der Waals surface area contributed by atoms with Crippen molar-refractivity contribution < 1.29 is 9.63 Å². The van der Waals surface area contributed by atoms with Crippen molar-refractivity contribution in [2.75, 3.05) is 0 Å². The van der Waals surface area contributed by atoms with Crippen LogP contribution in [0.2, 0.25) is 0 Å². The molecule has 0 aliphatic carbocycles. The minimum absolute atomic E-state index is 0.102. The Labute approximate surface area is 117 Å². The lowest BCUT2D eigenvalue weighted by Gasteiger charge is -1.96. The van der Waals surface area contributed by atoms with E-state index in [0.717, 1.165) is 10.0 Å². The van der Waals surface area contributed by atoms with Crippen LogP contribution in [-0.2, 0) is 0 Å². The van der Waals surface area contributed by atoms with Gasteiger partial charge in [0, 0.05) is 22.4 Å². The Morgan fingerprint density at radius 2 is 2.00 bits per heavy atom. The summed E-state index contributed by atoms with van der Waals surface area (Å²) in [6.07, 6.45) is 3.32. The number of aromatic hydroxyl groups is 1. The van der Waals surface area contributed by atoms with Crippen LogP contribution < -0.4 is 0 Å². The second kappa shape index (κ2) is 4.81. The maximum Gasteiger partial charge on any atom is 0.261 e. The van der Waals surface area contributed by atoms with Crippen molar-refractivity contribution in [3.05, 3.63) is 47.2 Å². The van der Waals surface area contributed by atoms with E-state index in [-0.39, 0.29) is 11.6 Å². The number of aromatic nitrogens is 3. The predicted molar refractivity (Wildman–Crippen MR) is 72.3 cm³/mol. The molecule has 0 saturated carbocycles. The number of nitrogens with zero attached hydrogens (tertiary/aromatic N) is 3. The molecule has 6 heteroatoms. The number of phenolic OH excluding ortho intramolecular Hbond substituents is 1. The third-order valence-electron chi connectivity index (χ3n) is 2.52. The molecule has 19 heavy (non-hydrogen) atoms. The van der Waals surface area contributed by atoms with Crippen LogP contribution in [0.25, 0.3) is 22.8 Å². The first-order valence-electron chi connectivity index (χ1n) is 5.47. The quantitative estimate of drug-likeness (QED) is 0.785. The lowest BCUT2D eigenvalue weighted by atomic mass is 10.2. The third kappa shape index (κ3) is 2.34. The van der Waals surface area contributed by atoms with Crippen LogP contribution >= 0.6 is 15.9 Å². The van der Waals surface area contributed by atoms with Gasteiger partial charge in [0.15, 0.2) is 0 Å². The fourth-order valence-electron chi connectivity index (χ4n) is 1.64. The van der Waals surface area contributed by atoms with Gasteiger partial charge < -0.3 is 9.63 Å². The van der Waals surface area contributed by atoms with E-state index in [1.54, 1.807) is 36.7 Å². The van der Waals surface area contributed by atoms with Gasteiger partial charge in [-0.15, -0.1) is 0 Å². The number of pyridine rings is 1. The van der Waals surface area contributed by atoms with Crippen LogP contribution in [0, 0.1) is 0 Å². The minimum Gasteiger partial charge on any atom is -0.507 e. The van der Waals surface area contributed by atoms with Gasteiger partial charge in [-0.2, -0.15) is 4.98 Å². The number of benzene rings is 1. The van der Waals surface area contributed by atoms with Gasteiger partial charge in [-0.3, -0.25) is 4.98 Å². The molecule has 0 fully saturated rings. The minimum atomic E-state index is 0.102. The molecule has 1 N–H and O–H groups in total. The first-order valence-corrected chi connectivity index (χ1v) is 6.26. The highest BCUT2D eigenvalue weighted by atomic mass is 79.9. The zero-order valence-electron chi connectivity index (χ0n) is 9.62. The summed E-state index contributed by atoms with van der Waals surface area (Å²) in [5, 5.41) is 13.6. The molecule has 0 radical (unpaired) electrons. The number of phenols is 1. The second-order valence-corrected chi connectivity index (χ2v) is 4.75. The van der Waals surface area contributed by atoms with E-state index in [4.69, 9.17) is 4.52 Å². The molecular weight excluding hydrogens is 310 g/mol. The van der Waals surface area contributed by atoms with Gasteiger partial charge in [0.2, 0.25) is 5.82 Å². The Bertz CT molecular complexity index is 727. The van der Waals surface area contributed by atoms with Crippen molar-refractivity contribution in [2.24, 2.45) is 0 Å². The first kappa shape index (κ1) is 11.9. The van der Waals surface area contributed by atoms with Gasteiger partial charge in [0.05, 0.1) is 5.56 Å². The van der Waals surface area contributed by atoms with Crippen molar-refractivity contribution in [2.45, 2.75) is 0 Å². The molecule has 0 amide bonds. The zero-order valence-corrected chi connectivity index (χ0v) is 11.2. The SMILES string of the molecule is Oc1ccccc1-c1nc(-c2cncc(Br)c2)no1. The van der Waals surface area contributed by atoms with E-state index in [2.05, 4.69) is 31.1 Å². The van der Waals surface area contributed by atoms with Crippen molar-refractivity contribution >= 4 is 15.9 Å². The molecule has 0 aliphatic heterocycles.